The van der Waals surface area contributed by atoms with Crippen LogP contribution in [0, 0.1) is 5.92 Å². The number of H-pyrrole nitrogens is 1. The van der Waals surface area contributed by atoms with Crippen molar-refractivity contribution < 1.29 is 14.6 Å². The molecule has 20 heavy (non-hydrogen) atoms. The SMILES string of the molecule is CCOc1ccc2[nH]cc(/C(=C/C(=O)O)C(C)C)c2c1. The van der Waals surface area contributed by atoms with E-state index in [9.17, 15) is 4.79 Å². The number of ether oxygens (including phenoxy) is 1. The average Bonchev–Trinajstić information content (AvgIpc) is 2.79. The van der Waals surface area contributed by atoms with Gasteiger partial charge in [0.25, 0.3) is 0 Å². The Bertz CT molecular complexity index is 653. The number of carboxylic acid groups (broad SMARTS) is 1. The van der Waals surface area contributed by atoms with E-state index >= 15 is 0 Å². The zero-order chi connectivity index (χ0) is 14.7. The van der Waals surface area contributed by atoms with E-state index in [0.29, 0.717) is 6.61 Å². The molecule has 4 heteroatoms. The second-order valence-corrected chi connectivity index (χ2v) is 4.94. The van der Waals surface area contributed by atoms with E-state index in [4.69, 9.17) is 9.84 Å². The van der Waals surface area contributed by atoms with Gasteiger partial charge in [-0.3, -0.25) is 0 Å². The lowest BCUT2D eigenvalue weighted by Gasteiger charge is -2.10. The predicted molar refractivity (Wildman–Crippen MR) is 79.9 cm³/mol. The van der Waals surface area contributed by atoms with Crippen molar-refractivity contribution in [2.45, 2.75) is 20.8 Å². The van der Waals surface area contributed by atoms with E-state index in [1.807, 2.05) is 45.2 Å². The van der Waals surface area contributed by atoms with Crippen LogP contribution in [0.25, 0.3) is 16.5 Å². The quantitative estimate of drug-likeness (QED) is 0.817. The Morgan fingerprint density at radius 3 is 2.80 bits per heavy atom. The van der Waals surface area contributed by atoms with Crippen LogP contribution in [0.15, 0.2) is 30.5 Å². The zero-order valence-corrected chi connectivity index (χ0v) is 11.9. The van der Waals surface area contributed by atoms with Crippen LogP contribution >= 0.6 is 0 Å². The standard InChI is InChI=1S/C16H19NO3/c1-4-20-11-5-6-15-13(7-11)14(9-17-15)12(10(2)3)8-16(18)19/h5-10,17H,4H2,1-3H3,(H,18,19)/b12-8+. The molecule has 0 saturated heterocycles. The number of carboxylic acids is 1. The maximum atomic E-state index is 11.0. The van der Waals surface area contributed by atoms with Crippen molar-refractivity contribution in [1.29, 1.82) is 0 Å². The van der Waals surface area contributed by atoms with Crippen molar-refractivity contribution in [2.75, 3.05) is 6.61 Å². The van der Waals surface area contributed by atoms with Crippen molar-refractivity contribution >= 4 is 22.4 Å². The van der Waals surface area contributed by atoms with Crippen LogP contribution in [-0.4, -0.2) is 22.7 Å². The van der Waals surface area contributed by atoms with Crippen molar-refractivity contribution in [3.63, 3.8) is 0 Å². The first-order chi connectivity index (χ1) is 9.52. The maximum Gasteiger partial charge on any atom is 0.328 e. The lowest BCUT2D eigenvalue weighted by Crippen LogP contribution is -1.98. The number of rotatable bonds is 5. The minimum atomic E-state index is -0.927. The van der Waals surface area contributed by atoms with Gasteiger partial charge in [0.1, 0.15) is 5.75 Å². The minimum Gasteiger partial charge on any atom is -0.494 e. The van der Waals surface area contributed by atoms with Gasteiger partial charge < -0.3 is 14.8 Å². The monoisotopic (exact) mass is 273 g/mol. The number of aromatic amines is 1. The number of nitrogens with one attached hydrogen (secondary N) is 1. The highest BCUT2D eigenvalue weighted by Crippen LogP contribution is 2.32. The molecule has 0 aliphatic carbocycles. The van der Waals surface area contributed by atoms with Crippen LogP contribution in [-0.2, 0) is 4.79 Å². The van der Waals surface area contributed by atoms with Gasteiger partial charge in [0, 0.05) is 28.7 Å². The normalized spacial score (nSPS) is 12.1. The average molecular weight is 273 g/mol. The van der Waals surface area contributed by atoms with E-state index in [1.54, 1.807) is 0 Å². The van der Waals surface area contributed by atoms with E-state index in [2.05, 4.69) is 4.98 Å². The smallest absolute Gasteiger partial charge is 0.328 e. The van der Waals surface area contributed by atoms with E-state index in [0.717, 1.165) is 27.8 Å². The zero-order valence-electron chi connectivity index (χ0n) is 11.9. The maximum absolute atomic E-state index is 11.0. The molecular formula is C16H19NO3. The Kier molecular flexibility index (Phi) is 4.13. The number of aromatic nitrogens is 1. The van der Waals surface area contributed by atoms with Gasteiger partial charge in [0.15, 0.2) is 0 Å². The van der Waals surface area contributed by atoms with Gasteiger partial charge in [-0.25, -0.2) is 4.79 Å². The number of allylic oxidation sites excluding steroid dienone is 1. The van der Waals surface area contributed by atoms with Gasteiger partial charge in [0.2, 0.25) is 0 Å². The highest BCUT2D eigenvalue weighted by Gasteiger charge is 2.14. The lowest BCUT2D eigenvalue weighted by molar-refractivity contribution is -0.131. The molecule has 0 bridgehead atoms. The van der Waals surface area contributed by atoms with Crippen LogP contribution in [0.4, 0.5) is 0 Å². The fraction of sp³-hybridized carbons (Fsp3) is 0.312. The van der Waals surface area contributed by atoms with Crippen molar-refractivity contribution in [2.24, 2.45) is 5.92 Å². The number of benzene rings is 1. The summed E-state index contributed by atoms with van der Waals surface area (Å²) in [6.45, 7) is 6.51. The molecule has 4 nitrogen and oxygen atoms in total. The first-order valence-electron chi connectivity index (χ1n) is 6.71. The third-order valence-electron chi connectivity index (χ3n) is 3.18. The summed E-state index contributed by atoms with van der Waals surface area (Å²) in [6, 6.07) is 5.80. The van der Waals surface area contributed by atoms with Crippen LogP contribution in [0.5, 0.6) is 5.75 Å². The summed E-state index contributed by atoms with van der Waals surface area (Å²) in [4.78, 5) is 14.2. The Morgan fingerprint density at radius 1 is 1.45 bits per heavy atom. The Hall–Kier alpha value is -2.23. The van der Waals surface area contributed by atoms with Crippen molar-refractivity contribution in [1.82, 2.24) is 4.98 Å². The summed E-state index contributed by atoms with van der Waals surface area (Å²) in [5.74, 6) is -0.0101. The topological polar surface area (TPSA) is 62.3 Å². The van der Waals surface area contributed by atoms with Crippen LogP contribution < -0.4 is 4.74 Å². The summed E-state index contributed by atoms with van der Waals surface area (Å²) in [5.41, 5.74) is 2.69. The van der Waals surface area contributed by atoms with Crippen LogP contribution in [0.3, 0.4) is 0 Å². The van der Waals surface area contributed by atoms with Gasteiger partial charge in [-0.1, -0.05) is 13.8 Å². The number of aliphatic carboxylic acids is 1. The first-order valence-corrected chi connectivity index (χ1v) is 6.71. The summed E-state index contributed by atoms with van der Waals surface area (Å²) >= 11 is 0. The number of carbonyl (C=O) groups is 1. The molecule has 0 atom stereocenters. The third-order valence-corrected chi connectivity index (χ3v) is 3.18. The first kappa shape index (κ1) is 14.2. The fourth-order valence-corrected chi connectivity index (χ4v) is 2.28. The largest absolute Gasteiger partial charge is 0.494 e. The molecule has 2 rings (SSSR count). The highest BCUT2D eigenvalue weighted by molar-refractivity contribution is 5.99. The van der Waals surface area contributed by atoms with Crippen LogP contribution in [0.1, 0.15) is 26.3 Å². The highest BCUT2D eigenvalue weighted by atomic mass is 16.5. The van der Waals surface area contributed by atoms with Gasteiger partial charge >= 0.3 is 5.97 Å². The number of hydrogen-bond donors (Lipinski definition) is 2. The molecule has 0 aliphatic heterocycles. The molecule has 0 spiro atoms. The van der Waals surface area contributed by atoms with Gasteiger partial charge in [-0.2, -0.15) is 0 Å². The molecule has 106 valence electrons. The molecule has 1 aromatic carbocycles. The summed E-state index contributed by atoms with van der Waals surface area (Å²) in [5, 5.41) is 10.0. The van der Waals surface area contributed by atoms with E-state index < -0.39 is 5.97 Å². The molecule has 0 radical (unpaired) electrons. The van der Waals surface area contributed by atoms with Crippen LogP contribution in [0.2, 0.25) is 0 Å². The lowest BCUT2D eigenvalue weighted by atomic mass is 9.94. The molecule has 1 heterocycles. The second kappa shape index (κ2) is 5.82. The summed E-state index contributed by atoms with van der Waals surface area (Å²) in [7, 11) is 0. The Morgan fingerprint density at radius 2 is 2.20 bits per heavy atom. The number of fused-ring (bicyclic) bond motifs is 1. The molecule has 2 N–H and O–H groups in total. The van der Waals surface area contributed by atoms with Gasteiger partial charge in [0.05, 0.1) is 6.61 Å². The molecule has 2 aromatic rings. The number of hydrogen-bond acceptors (Lipinski definition) is 2. The van der Waals surface area contributed by atoms with Gasteiger partial charge in [-0.15, -0.1) is 0 Å². The second-order valence-electron chi connectivity index (χ2n) is 4.94. The van der Waals surface area contributed by atoms with E-state index in [-0.39, 0.29) is 5.92 Å². The molecule has 0 amide bonds. The van der Waals surface area contributed by atoms with Gasteiger partial charge in [-0.05, 0) is 36.6 Å². The fourth-order valence-electron chi connectivity index (χ4n) is 2.28. The third kappa shape index (κ3) is 2.85. The summed E-state index contributed by atoms with van der Waals surface area (Å²) in [6.07, 6.45) is 3.13. The van der Waals surface area contributed by atoms with Crippen molar-refractivity contribution in [3.8, 4) is 5.75 Å². The minimum absolute atomic E-state index is 0.126. The molecule has 0 saturated carbocycles. The summed E-state index contributed by atoms with van der Waals surface area (Å²) < 4.78 is 5.51. The molecule has 1 aromatic heterocycles. The molecule has 0 fully saturated rings. The molecule has 0 unspecified atom stereocenters. The van der Waals surface area contributed by atoms with Crippen molar-refractivity contribution in [3.05, 3.63) is 36.0 Å². The Balaban J connectivity index is 2.57. The molecule has 0 aliphatic rings. The predicted octanol–water partition coefficient (Wildman–Crippen LogP) is 3.69. The molecular weight excluding hydrogens is 254 g/mol. The van der Waals surface area contributed by atoms with E-state index in [1.165, 1.54) is 6.08 Å². The Labute approximate surface area is 118 Å².